The predicted octanol–water partition coefficient (Wildman–Crippen LogP) is 3.02. The number of aromatic nitrogens is 1. The van der Waals surface area contributed by atoms with E-state index in [0.29, 0.717) is 6.54 Å². The molecule has 1 N–H and O–H groups in total. The van der Waals surface area contributed by atoms with Crippen LogP contribution in [0.25, 0.3) is 10.8 Å². The van der Waals surface area contributed by atoms with Crippen molar-refractivity contribution in [2.45, 2.75) is 46.1 Å². The topological polar surface area (TPSA) is 75.4 Å². The van der Waals surface area contributed by atoms with Gasteiger partial charge >= 0.3 is 0 Å². The molecule has 2 amide bonds. The van der Waals surface area contributed by atoms with Gasteiger partial charge in [0.2, 0.25) is 11.8 Å². The summed E-state index contributed by atoms with van der Waals surface area (Å²) in [6.07, 6.45) is 2.10. The molecule has 3 rings (SSSR count). The van der Waals surface area contributed by atoms with Crippen molar-refractivity contribution in [1.29, 1.82) is 0 Å². The van der Waals surface area contributed by atoms with Crippen LogP contribution in [-0.4, -0.2) is 40.8 Å². The van der Waals surface area contributed by atoms with Crippen molar-refractivity contribution in [3.05, 3.63) is 29.0 Å². The maximum Gasteiger partial charge on any atom is 0.228 e. The molecule has 1 saturated heterocycles. The first-order valence-corrected chi connectivity index (χ1v) is 9.89. The van der Waals surface area contributed by atoms with Gasteiger partial charge in [0, 0.05) is 30.4 Å². The van der Waals surface area contributed by atoms with Crippen LogP contribution in [0.15, 0.2) is 21.9 Å². The Labute approximate surface area is 157 Å². The van der Waals surface area contributed by atoms with Crippen molar-refractivity contribution in [3.63, 3.8) is 0 Å². The minimum absolute atomic E-state index is 0.0414. The monoisotopic (exact) mass is 375 g/mol. The number of hydrogen-bond donors (Lipinski definition) is 1. The Hall–Kier alpha value is -2.15. The molecule has 0 aliphatic carbocycles. The minimum atomic E-state index is -0.0419. The Bertz CT molecular complexity index is 781. The fourth-order valence-electron chi connectivity index (χ4n) is 3.01. The highest BCUT2D eigenvalue weighted by Gasteiger charge is 2.26. The lowest BCUT2D eigenvalue weighted by atomic mass is 10.0. The van der Waals surface area contributed by atoms with Gasteiger partial charge in [-0.15, -0.1) is 11.3 Å². The number of nitrogens with one attached hydrogen (secondary N) is 1. The summed E-state index contributed by atoms with van der Waals surface area (Å²) in [6, 6.07) is 3.84. The molecule has 1 fully saturated rings. The summed E-state index contributed by atoms with van der Waals surface area (Å²) >= 11 is 1.48. The van der Waals surface area contributed by atoms with Crippen molar-refractivity contribution >= 4 is 23.2 Å². The van der Waals surface area contributed by atoms with Gasteiger partial charge in [-0.2, -0.15) is 0 Å². The number of thiazole rings is 1. The molecule has 1 atom stereocenters. The standard InChI is InChI=1S/C19H25N3O3S/c1-12(2)18(24)20-14-5-4-8-22(10-14)17(23)9-15-11-26-19(21-15)16-7-6-13(3)25-16/h6-7,11-12,14H,4-5,8-10H2,1-3H3,(H,20,24)/t14-/m0/s1. The molecule has 0 bridgehead atoms. The number of nitrogens with zero attached hydrogens (tertiary/aromatic N) is 2. The quantitative estimate of drug-likeness (QED) is 0.872. The average Bonchev–Trinajstić information content (AvgIpc) is 3.24. The summed E-state index contributed by atoms with van der Waals surface area (Å²) in [5.74, 6) is 1.64. The second-order valence-corrected chi connectivity index (χ2v) is 7.93. The Balaban J connectivity index is 1.57. The SMILES string of the molecule is Cc1ccc(-c2nc(CC(=O)N3CCC[C@H](NC(=O)C(C)C)C3)cs2)o1. The molecule has 0 unspecified atom stereocenters. The largest absolute Gasteiger partial charge is 0.459 e. The van der Waals surface area contributed by atoms with Crippen molar-refractivity contribution < 1.29 is 14.0 Å². The van der Waals surface area contributed by atoms with E-state index < -0.39 is 0 Å². The third kappa shape index (κ3) is 4.52. The normalized spacial score (nSPS) is 17.5. The summed E-state index contributed by atoms with van der Waals surface area (Å²) in [5, 5.41) is 5.74. The third-order valence-corrected chi connectivity index (χ3v) is 5.39. The number of likely N-dealkylation sites (tertiary alicyclic amines) is 1. The predicted molar refractivity (Wildman–Crippen MR) is 101 cm³/mol. The molecule has 6 nitrogen and oxygen atoms in total. The lowest BCUT2D eigenvalue weighted by Crippen LogP contribution is -2.50. The Morgan fingerprint density at radius 2 is 2.23 bits per heavy atom. The van der Waals surface area contributed by atoms with Gasteiger partial charge in [0.15, 0.2) is 10.8 Å². The van der Waals surface area contributed by atoms with Crippen LogP contribution in [0.1, 0.15) is 38.1 Å². The molecule has 26 heavy (non-hydrogen) atoms. The number of carbonyl (C=O) groups excluding carboxylic acids is 2. The van der Waals surface area contributed by atoms with Crippen LogP contribution >= 0.6 is 11.3 Å². The van der Waals surface area contributed by atoms with Crippen molar-refractivity contribution in [1.82, 2.24) is 15.2 Å². The zero-order valence-electron chi connectivity index (χ0n) is 15.4. The summed E-state index contributed by atoms with van der Waals surface area (Å²) in [7, 11) is 0. The minimum Gasteiger partial charge on any atom is -0.459 e. The molecule has 2 aromatic rings. The zero-order chi connectivity index (χ0) is 18.7. The average molecular weight is 375 g/mol. The van der Waals surface area contributed by atoms with E-state index in [1.165, 1.54) is 11.3 Å². The van der Waals surface area contributed by atoms with Gasteiger partial charge in [-0.05, 0) is 31.9 Å². The highest BCUT2D eigenvalue weighted by Crippen LogP contribution is 2.26. The Kier molecular flexibility index (Phi) is 5.76. The van der Waals surface area contributed by atoms with Gasteiger partial charge < -0.3 is 14.6 Å². The third-order valence-electron chi connectivity index (χ3n) is 4.48. The van der Waals surface area contributed by atoms with E-state index in [1.54, 1.807) is 0 Å². The van der Waals surface area contributed by atoms with E-state index in [1.807, 2.05) is 43.2 Å². The Morgan fingerprint density at radius 1 is 1.42 bits per heavy atom. The number of carbonyl (C=O) groups is 2. The van der Waals surface area contributed by atoms with E-state index in [-0.39, 0.29) is 30.2 Å². The van der Waals surface area contributed by atoms with E-state index in [9.17, 15) is 9.59 Å². The van der Waals surface area contributed by atoms with Crippen molar-refractivity contribution in [3.8, 4) is 10.8 Å². The zero-order valence-corrected chi connectivity index (χ0v) is 16.3. The second-order valence-electron chi connectivity index (χ2n) is 7.07. The molecular formula is C19H25N3O3S. The molecule has 0 radical (unpaired) electrons. The van der Waals surface area contributed by atoms with Gasteiger partial charge in [0.25, 0.3) is 0 Å². The van der Waals surface area contributed by atoms with Gasteiger partial charge in [-0.25, -0.2) is 4.98 Å². The van der Waals surface area contributed by atoms with Gasteiger partial charge in [0.1, 0.15) is 5.76 Å². The highest BCUT2D eigenvalue weighted by atomic mass is 32.1. The molecule has 0 saturated carbocycles. The first-order valence-electron chi connectivity index (χ1n) is 9.01. The molecule has 0 spiro atoms. The lowest BCUT2D eigenvalue weighted by molar-refractivity contribution is -0.133. The fraction of sp³-hybridized carbons (Fsp3) is 0.526. The Morgan fingerprint density at radius 3 is 2.92 bits per heavy atom. The molecule has 1 aliphatic heterocycles. The number of furan rings is 1. The van der Waals surface area contributed by atoms with Crippen molar-refractivity contribution in [2.24, 2.45) is 5.92 Å². The van der Waals surface area contributed by atoms with Crippen LogP contribution in [0.2, 0.25) is 0 Å². The van der Waals surface area contributed by atoms with Crippen LogP contribution < -0.4 is 5.32 Å². The lowest BCUT2D eigenvalue weighted by Gasteiger charge is -2.33. The summed E-state index contributed by atoms with van der Waals surface area (Å²) in [4.78, 5) is 30.9. The number of piperidine rings is 1. The maximum atomic E-state index is 12.6. The molecule has 1 aliphatic rings. The van der Waals surface area contributed by atoms with E-state index in [4.69, 9.17) is 4.42 Å². The molecular weight excluding hydrogens is 350 g/mol. The number of rotatable bonds is 5. The summed E-state index contributed by atoms with van der Waals surface area (Å²) in [5.41, 5.74) is 0.761. The first-order chi connectivity index (χ1) is 12.4. The van der Waals surface area contributed by atoms with Gasteiger partial charge in [-0.1, -0.05) is 13.8 Å². The summed E-state index contributed by atoms with van der Waals surface area (Å²) < 4.78 is 5.59. The number of hydrogen-bond acceptors (Lipinski definition) is 5. The van der Waals surface area contributed by atoms with Gasteiger partial charge in [-0.3, -0.25) is 9.59 Å². The van der Waals surface area contributed by atoms with Crippen molar-refractivity contribution in [2.75, 3.05) is 13.1 Å². The van der Waals surface area contributed by atoms with E-state index in [2.05, 4.69) is 10.3 Å². The van der Waals surface area contributed by atoms with Crippen LogP contribution in [0.3, 0.4) is 0 Å². The molecule has 3 heterocycles. The summed E-state index contributed by atoms with van der Waals surface area (Å²) in [6.45, 7) is 6.96. The van der Waals surface area contributed by atoms with Crippen LogP contribution in [0.5, 0.6) is 0 Å². The highest BCUT2D eigenvalue weighted by molar-refractivity contribution is 7.13. The van der Waals surface area contributed by atoms with E-state index >= 15 is 0 Å². The number of aryl methyl sites for hydroxylation is 1. The molecule has 2 aromatic heterocycles. The second kappa shape index (κ2) is 8.03. The number of amides is 2. The molecule has 140 valence electrons. The fourth-order valence-corrected chi connectivity index (χ4v) is 3.79. The van der Waals surface area contributed by atoms with Crippen LogP contribution in [0, 0.1) is 12.8 Å². The van der Waals surface area contributed by atoms with E-state index in [0.717, 1.165) is 41.6 Å². The molecule has 0 aromatic carbocycles. The van der Waals surface area contributed by atoms with Crippen LogP contribution in [-0.2, 0) is 16.0 Å². The van der Waals surface area contributed by atoms with Crippen LogP contribution in [0.4, 0.5) is 0 Å². The van der Waals surface area contributed by atoms with Gasteiger partial charge in [0.05, 0.1) is 12.1 Å². The molecule has 7 heteroatoms. The first kappa shape index (κ1) is 18.6. The maximum absolute atomic E-state index is 12.6. The smallest absolute Gasteiger partial charge is 0.228 e.